The maximum Gasteiger partial charge on any atom is 0.334 e. The van der Waals surface area contributed by atoms with Gasteiger partial charge in [-0.15, -0.1) is 0 Å². The zero-order chi connectivity index (χ0) is 16.6. The first-order valence-electron chi connectivity index (χ1n) is 8.55. The fraction of sp³-hybridized carbons (Fsp3) is 0.882. The summed E-state index contributed by atoms with van der Waals surface area (Å²) in [5, 5.41) is 17.9. The number of ether oxygens (including phenoxy) is 1. The van der Waals surface area contributed by atoms with E-state index in [-0.39, 0.29) is 0 Å². The minimum atomic E-state index is -0.967. The molecule has 0 spiro atoms. The van der Waals surface area contributed by atoms with Gasteiger partial charge in [0.1, 0.15) is 0 Å². The van der Waals surface area contributed by atoms with Gasteiger partial charge in [-0.25, -0.2) is 4.79 Å². The molecule has 0 aliphatic rings. The van der Waals surface area contributed by atoms with E-state index in [4.69, 9.17) is 5.11 Å². The Labute approximate surface area is 134 Å². The summed E-state index contributed by atoms with van der Waals surface area (Å²) in [6, 6.07) is 0. The molecule has 1 unspecified atom stereocenters. The van der Waals surface area contributed by atoms with Crippen LogP contribution in [0.5, 0.6) is 0 Å². The zero-order valence-electron chi connectivity index (χ0n) is 13.9. The first-order chi connectivity index (χ1) is 10.6. The van der Waals surface area contributed by atoms with E-state index in [0.717, 1.165) is 38.5 Å². The molecule has 0 bridgehead atoms. The number of aliphatic carboxylic acids is 1. The number of carboxylic acids is 1. The highest BCUT2D eigenvalue weighted by Gasteiger charge is 2.13. The number of esters is 1. The Bertz CT molecular complexity index is 291. The molecule has 0 radical (unpaired) electrons. The molecule has 5 nitrogen and oxygen atoms in total. The maximum absolute atomic E-state index is 11.0. The van der Waals surface area contributed by atoms with Gasteiger partial charge in [0.2, 0.25) is 0 Å². The number of carbonyl (C=O) groups excluding carboxylic acids is 1. The van der Waals surface area contributed by atoms with Crippen LogP contribution in [0.25, 0.3) is 0 Å². The smallest absolute Gasteiger partial charge is 0.334 e. The van der Waals surface area contributed by atoms with E-state index in [1.54, 1.807) is 0 Å². The van der Waals surface area contributed by atoms with Gasteiger partial charge < -0.3 is 14.9 Å². The Balaban J connectivity index is 3.14. The van der Waals surface area contributed by atoms with E-state index in [1.165, 1.54) is 39.2 Å². The third-order valence-electron chi connectivity index (χ3n) is 3.84. The second kappa shape index (κ2) is 14.8. The minimum Gasteiger partial charge on any atom is -0.481 e. The van der Waals surface area contributed by atoms with Gasteiger partial charge in [-0.2, -0.15) is 0 Å². The summed E-state index contributed by atoms with van der Waals surface area (Å²) in [6.45, 7) is 0. The van der Waals surface area contributed by atoms with Crippen LogP contribution < -0.4 is 0 Å². The molecule has 0 aliphatic carbocycles. The van der Waals surface area contributed by atoms with E-state index in [2.05, 4.69) is 4.74 Å². The van der Waals surface area contributed by atoms with Crippen LogP contribution >= 0.6 is 0 Å². The fourth-order valence-electron chi connectivity index (χ4n) is 2.46. The van der Waals surface area contributed by atoms with Gasteiger partial charge in [-0.1, -0.05) is 64.2 Å². The Hall–Kier alpha value is -1.10. The van der Waals surface area contributed by atoms with Crippen LogP contribution in [0, 0.1) is 0 Å². The molecular formula is C17H32O5. The molecule has 0 aromatic rings. The van der Waals surface area contributed by atoms with Crippen LogP contribution in [0.1, 0.15) is 83.5 Å². The number of methoxy groups -OCH3 is 1. The summed E-state index contributed by atoms with van der Waals surface area (Å²) in [6.07, 6.45) is 11.9. The van der Waals surface area contributed by atoms with Crippen LogP contribution in [0.15, 0.2) is 0 Å². The Morgan fingerprint density at radius 1 is 0.818 bits per heavy atom. The highest BCUT2D eigenvalue weighted by Crippen LogP contribution is 2.13. The number of hydrogen-bond acceptors (Lipinski definition) is 4. The van der Waals surface area contributed by atoms with Crippen molar-refractivity contribution in [3.8, 4) is 0 Å². The monoisotopic (exact) mass is 316 g/mol. The first-order valence-corrected chi connectivity index (χ1v) is 8.55. The zero-order valence-corrected chi connectivity index (χ0v) is 13.9. The van der Waals surface area contributed by atoms with E-state index >= 15 is 0 Å². The molecule has 0 heterocycles. The lowest BCUT2D eigenvalue weighted by molar-refractivity contribution is -0.150. The van der Waals surface area contributed by atoms with E-state index < -0.39 is 18.0 Å². The molecule has 130 valence electrons. The van der Waals surface area contributed by atoms with Crippen molar-refractivity contribution in [1.82, 2.24) is 0 Å². The summed E-state index contributed by atoms with van der Waals surface area (Å²) < 4.78 is 4.46. The van der Waals surface area contributed by atoms with Gasteiger partial charge in [-0.3, -0.25) is 4.79 Å². The molecule has 0 aromatic heterocycles. The second-order valence-electron chi connectivity index (χ2n) is 5.86. The van der Waals surface area contributed by atoms with Crippen LogP contribution in [0.3, 0.4) is 0 Å². The van der Waals surface area contributed by atoms with Crippen LogP contribution in [-0.2, 0) is 14.3 Å². The number of carboxylic acid groups (broad SMARTS) is 1. The topological polar surface area (TPSA) is 83.8 Å². The predicted molar refractivity (Wildman–Crippen MR) is 85.7 cm³/mol. The van der Waals surface area contributed by atoms with Crippen molar-refractivity contribution < 1.29 is 24.5 Å². The number of unbranched alkanes of at least 4 members (excludes halogenated alkanes) is 10. The molecule has 5 heteroatoms. The fourth-order valence-corrected chi connectivity index (χ4v) is 2.46. The van der Waals surface area contributed by atoms with Crippen molar-refractivity contribution in [3.63, 3.8) is 0 Å². The van der Waals surface area contributed by atoms with Crippen molar-refractivity contribution in [2.75, 3.05) is 7.11 Å². The third-order valence-corrected chi connectivity index (χ3v) is 3.84. The molecule has 1 atom stereocenters. The largest absolute Gasteiger partial charge is 0.481 e. The molecule has 2 N–H and O–H groups in total. The summed E-state index contributed by atoms with van der Waals surface area (Å²) in [5.41, 5.74) is 0. The number of hydrogen-bond donors (Lipinski definition) is 2. The summed E-state index contributed by atoms with van der Waals surface area (Å²) >= 11 is 0. The van der Waals surface area contributed by atoms with Gasteiger partial charge in [0.25, 0.3) is 0 Å². The van der Waals surface area contributed by atoms with Crippen molar-refractivity contribution in [1.29, 1.82) is 0 Å². The van der Waals surface area contributed by atoms with Crippen LogP contribution in [-0.4, -0.2) is 35.4 Å². The number of rotatable bonds is 15. The van der Waals surface area contributed by atoms with Crippen molar-refractivity contribution in [3.05, 3.63) is 0 Å². The van der Waals surface area contributed by atoms with Crippen molar-refractivity contribution in [2.24, 2.45) is 0 Å². The van der Waals surface area contributed by atoms with Gasteiger partial charge in [-0.05, 0) is 12.8 Å². The lowest BCUT2D eigenvalue weighted by Crippen LogP contribution is -2.21. The normalized spacial score (nSPS) is 12.1. The van der Waals surface area contributed by atoms with Crippen molar-refractivity contribution in [2.45, 2.75) is 89.6 Å². The number of aliphatic hydroxyl groups excluding tert-OH is 1. The van der Waals surface area contributed by atoms with Gasteiger partial charge in [0.15, 0.2) is 6.10 Å². The summed E-state index contributed by atoms with van der Waals surface area (Å²) in [7, 11) is 1.29. The molecule has 22 heavy (non-hydrogen) atoms. The van der Waals surface area contributed by atoms with E-state index in [9.17, 15) is 14.7 Å². The second-order valence-corrected chi connectivity index (χ2v) is 5.86. The molecule has 0 saturated carbocycles. The quantitative estimate of drug-likeness (QED) is 0.356. The molecule has 0 fully saturated rings. The molecular weight excluding hydrogens is 284 g/mol. The van der Waals surface area contributed by atoms with Gasteiger partial charge in [0, 0.05) is 6.42 Å². The average Bonchev–Trinajstić information content (AvgIpc) is 2.50. The molecule has 0 amide bonds. The molecule has 0 aliphatic heterocycles. The highest BCUT2D eigenvalue weighted by molar-refractivity contribution is 5.74. The minimum absolute atomic E-state index is 0.296. The van der Waals surface area contributed by atoms with E-state index in [1.807, 2.05) is 0 Å². The van der Waals surface area contributed by atoms with Crippen LogP contribution in [0.4, 0.5) is 0 Å². The Morgan fingerprint density at radius 2 is 1.23 bits per heavy atom. The SMILES string of the molecule is COC(=O)C(O)CCCCCCCCCCCCCC(=O)O. The summed E-state index contributed by atoms with van der Waals surface area (Å²) in [5.74, 6) is -1.23. The predicted octanol–water partition coefficient (Wildman–Crippen LogP) is 3.68. The standard InChI is InChI=1S/C17H32O5/c1-22-17(21)15(18)13-11-9-7-5-3-2-4-6-8-10-12-14-16(19)20/h15,18H,2-14H2,1H3,(H,19,20). The molecule has 0 saturated heterocycles. The Morgan fingerprint density at radius 3 is 1.64 bits per heavy atom. The maximum atomic E-state index is 11.0. The lowest BCUT2D eigenvalue weighted by atomic mass is 10.0. The first kappa shape index (κ1) is 20.9. The third kappa shape index (κ3) is 13.9. The van der Waals surface area contributed by atoms with E-state index in [0.29, 0.717) is 12.8 Å². The van der Waals surface area contributed by atoms with Gasteiger partial charge in [0.05, 0.1) is 7.11 Å². The Kier molecular flexibility index (Phi) is 14.1. The molecule has 0 rings (SSSR count). The highest BCUT2D eigenvalue weighted by atomic mass is 16.5. The lowest BCUT2D eigenvalue weighted by Gasteiger charge is -2.07. The van der Waals surface area contributed by atoms with Crippen molar-refractivity contribution >= 4 is 11.9 Å². The molecule has 0 aromatic carbocycles. The number of carbonyl (C=O) groups is 2. The summed E-state index contributed by atoms with van der Waals surface area (Å²) in [4.78, 5) is 21.3. The number of aliphatic hydroxyl groups is 1. The average molecular weight is 316 g/mol. The van der Waals surface area contributed by atoms with Crippen LogP contribution in [0.2, 0.25) is 0 Å². The van der Waals surface area contributed by atoms with Gasteiger partial charge >= 0.3 is 11.9 Å².